The van der Waals surface area contributed by atoms with Crippen LogP contribution in [0.25, 0.3) is 12.2 Å². The van der Waals surface area contributed by atoms with Crippen LogP contribution in [0.2, 0.25) is 0 Å². The Morgan fingerprint density at radius 2 is 1.92 bits per heavy atom. The summed E-state index contributed by atoms with van der Waals surface area (Å²) in [6, 6.07) is 8.32. The molecular weight excluding hydrogens is 322 g/mol. The summed E-state index contributed by atoms with van der Waals surface area (Å²) in [7, 11) is 1.76. The van der Waals surface area contributed by atoms with E-state index < -0.39 is 0 Å². The van der Waals surface area contributed by atoms with Crippen molar-refractivity contribution in [3.05, 3.63) is 52.2 Å². The first-order valence-electron chi connectivity index (χ1n) is 9.26. The van der Waals surface area contributed by atoms with Crippen molar-refractivity contribution in [2.24, 2.45) is 4.99 Å². The third-order valence-electron chi connectivity index (χ3n) is 4.82. The number of hydrogen-bond donors (Lipinski definition) is 1. The first-order chi connectivity index (χ1) is 12.7. The van der Waals surface area contributed by atoms with E-state index in [0.717, 1.165) is 29.2 Å². The van der Waals surface area contributed by atoms with Gasteiger partial charge in [0.1, 0.15) is 5.84 Å². The van der Waals surface area contributed by atoms with E-state index in [0.29, 0.717) is 12.4 Å². The molecule has 0 spiro atoms. The summed E-state index contributed by atoms with van der Waals surface area (Å²) in [5.41, 5.74) is 2.17. The smallest absolute Gasteiger partial charge is 0.128 e. The molecule has 1 aliphatic heterocycles. The summed E-state index contributed by atoms with van der Waals surface area (Å²) in [5.74, 6) is 0.647. The summed E-state index contributed by atoms with van der Waals surface area (Å²) in [5, 5.41) is 15.1. The Hall–Kier alpha value is -2.69. The second-order valence-electron chi connectivity index (χ2n) is 6.60. The molecular formula is C21H27N5. The zero-order valence-electron chi connectivity index (χ0n) is 15.7. The number of nitrogens with zero attached hydrogens (tertiary/aromatic N) is 4. The molecule has 2 aromatic rings. The predicted molar refractivity (Wildman–Crippen MR) is 108 cm³/mol. The van der Waals surface area contributed by atoms with Crippen molar-refractivity contribution in [3.63, 3.8) is 0 Å². The molecule has 0 radical (unpaired) electrons. The zero-order chi connectivity index (χ0) is 18.4. The van der Waals surface area contributed by atoms with Crippen LogP contribution in [0.4, 0.5) is 0 Å². The number of likely N-dealkylation sites (tertiary alicyclic amines) is 1. The van der Waals surface area contributed by atoms with Crippen LogP contribution in [0.15, 0.2) is 35.5 Å². The molecule has 0 bridgehead atoms. The Morgan fingerprint density at radius 1 is 1.19 bits per heavy atom. The lowest BCUT2D eigenvalue weighted by molar-refractivity contribution is 0.341. The molecule has 0 aliphatic carbocycles. The van der Waals surface area contributed by atoms with E-state index in [-0.39, 0.29) is 0 Å². The molecule has 0 saturated carbocycles. The fraction of sp³-hybridized carbons (Fsp3) is 0.381. The molecule has 136 valence electrons. The van der Waals surface area contributed by atoms with Crippen LogP contribution < -0.4 is 10.6 Å². The van der Waals surface area contributed by atoms with Gasteiger partial charge in [-0.15, -0.1) is 0 Å². The Kier molecular flexibility index (Phi) is 6.00. The Balaban J connectivity index is 1.76. The van der Waals surface area contributed by atoms with Crippen LogP contribution in [0.5, 0.6) is 0 Å². The number of nitrogens with one attached hydrogen (secondary N) is 1. The average Bonchev–Trinajstić information content (AvgIpc) is 3.08. The minimum atomic E-state index is 0.647. The standard InChI is InChI=1S/C21H27N5/c1-3-20-19(11-12-23-2)15-24-26(20)16-17-7-9-18(10-8-17)21(22)25-13-5-4-6-14-25/h3,7-12,15,22H,4-6,13-14,16H2,1-2H3/b19-11-,20-3+,22-21?,23-12+. The number of hydrogen-bond acceptors (Lipinski definition) is 3. The van der Waals surface area contributed by atoms with Gasteiger partial charge in [-0.05, 0) is 37.8 Å². The normalized spacial score (nSPS) is 16.6. The van der Waals surface area contributed by atoms with Crippen LogP contribution in [0, 0.1) is 5.41 Å². The monoisotopic (exact) mass is 349 g/mol. The van der Waals surface area contributed by atoms with Crippen molar-refractivity contribution >= 4 is 24.2 Å². The lowest BCUT2D eigenvalue weighted by Crippen LogP contribution is -2.35. The van der Waals surface area contributed by atoms with Crippen molar-refractivity contribution in [1.82, 2.24) is 14.7 Å². The van der Waals surface area contributed by atoms with Gasteiger partial charge in [-0.3, -0.25) is 15.1 Å². The van der Waals surface area contributed by atoms with E-state index in [9.17, 15) is 0 Å². The molecule has 2 heterocycles. The second kappa shape index (κ2) is 8.61. The number of aliphatic imine (C=N–C) groups is 1. The number of rotatable bonds is 4. The molecule has 0 atom stereocenters. The minimum absolute atomic E-state index is 0.647. The number of aromatic nitrogens is 2. The minimum Gasteiger partial charge on any atom is -0.357 e. The molecule has 1 aliphatic rings. The third kappa shape index (κ3) is 4.10. The SMILES string of the molecule is C\C=c1/c(=C\C=N\C)cnn1Cc1ccc(C(=N)N2CCCCC2)cc1. The lowest BCUT2D eigenvalue weighted by Gasteiger charge is -2.29. The fourth-order valence-electron chi connectivity index (χ4n) is 3.38. The molecule has 1 fully saturated rings. The topological polar surface area (TPSA) is 57.3 Å². The van der Waals surface area contributed by atoms with Crippen LogP contribution in [0.3, 0.4) is 0 Å². The van der Waals surface area contributed by atoms with E-state index in [4.69, 9.17) is 5.41 Å². The van der Waals surface area contributed by atoms with E-state index in [2.05, 4.69) is 45.3 Å². The van der Waals surface area contributed by atoms with Crippen molar-refractivity contribution in [2.45, 2.75) is 32.7 Å². The highest BCUT2D eigenvalue weighted by atomic mass is 15.3. The molecule has 1 aromatic carbocycles. The van der Waals surface area contributed by atoms with Gasteiger partial charge < -0.3 is 4.90 Å². The molecule has 0 unspecified atom stereocenters. The molecule has 1 N–H and O–H groups in total. The van der Waals surface area contributed by atoms with Gasteiger partial charge in [0, 0.05) is 37.1 Å². The molecule has 26 heavy (non-hydrogen) atoms. The Bertz CT molecular complexity index is 883. The van der Waals surface area contributed by atoms with Crippen LogP contribution >= 0.6 is 0 Å². The van der Waals surface area contributed by atoms with E-state index in [1.54, 1.807) is 13.3 Å². The second-order valence-corrected chi connectivity index (χ2v) is 6.60. The molecule has 1 aromatic heterocycles. The maximum atomic E-state index is 8.43. The van der Waals surface area contributed by atoms with Gasteiger partial charge in [-0.25, -0.2) is 0 Å². The molecule has 3 rings (SSSR count). The predicted octanol–water partition coefficient (Wildman–Crippen LogP) is 2.02. The van der Waals surface area contributed by atoms with Crippen LogP contribution in [-0.4, -0.2) is 46.9 Å². The third-order valence-corrected chi connectivity index (χ3v) is 4.82. The zero-order valence-corrected chi connectivity index (χ0v) is 15.7. The van der Waals surface area contributed by atoms with Gasteiger partial charge in [0.15, 0.2) is 0 Å². The van der Waals surface area contributed by atoms with Gasteiger partial charge in [-0.2, -0.15) is 5.10 Å². The summed E-state index contributed by atoms with van der Waals surface area (Å²) in [4.78, 5) is 6.20. The van der Waals surface area contributed by atoms with Gasteiger partial charge in [0.05, 0.1) is 18.1 Å². The molecule has 1 saturated heterocycles. The Labute approximate surface area is 154 Å². The van der Waals surface area contributed by atoms with Gasteiger partial charge in [-0.1, -0.05) is 30.3 Å². The van der Waals surface area contributed by atoms with E-state index in [1.165, 1.54) is 24.8 Å². The fourth-order valence-corrected chi connectivity index (χ4v) is 3.38. The van der Waals surface area contributed by atoms with Crippen molar-refractivity contribution < 1.29 is 0 Å². The molecule has 5 nitrogen and oxygen atoms in total. The quantitative estimate of drug-likeness (QED) is 0.678. The number of piperidine rings is 1. The maximum Gasteiger partial charge on any atom is 0.128 e. The van der Waals surface area contributed by atoms with Crippen LogP contribution in [-0.2, 0) is 6.54 Å². The van der Waals surface area contributed by atoms with E-state index >= 15 is 0 Å². The first-order valence-corrected chi connectivity index (χ1v) is 9.26. The van der Waals surface area contributed by atoms with Gasteiger partial charge >= 0.3 is 0 Å². The lowest BCUT2D eigenvalue weighted by atomic mass is 10.1. The molecule has 0 amide bonds. The van der Waals surface area contributed by atoms with Gasteiger partial charge in [0.2, 0.25) is 0 Å². The number of benzene rings is 1. The highest BCUT2D eigenvalue weighted by Crippen LogP contribution is 2.14. The van der Waals surface area contributed by atoms with E-state index in [1.807, 2.05) is 23.9 Å². The Morgan fingerprint density at radius 3 is 2.58 bits per heavy atom. The van der Waals surface area contributed by atoms with Crippen molar-refractivity contribution in [2.75, 3.05) is 20.1 Å². The largest absolute Gasteiger partial charge is 0.357 e. The summed E-state index contributed by atoms with van der Waals surface area (Å²) < 4.78 is 2.00. The average molecular weight is 349 g/mol. The summed E-state index contributed by atoms with van der Waals surface area (Å²) >= 11 is 0. The van der Waals surface area contributed by atoms with Gasteiger partial charge in [0.25, 0.3) is 0 Å². The highest BCUT2D eigenvalue weighted by Gasteiger charge is 2.14. The van der Waals surface area contributed by atoms with Crippen molar-refractivity contribution in [1.29, 1.82) is 5.41 Å². The van der Waals surface area contributed by atoms with Crippen molar-refractivity contribution in [3.8, 4) is 0 Å². The summed E-state index contributed by atoms with van der Waals surface area (Å²) in [6.07, 6.45) is 11.4. The first kappa shape index (κ1) is 18.1. The summed E-state index contributed by atoms with van der Waals surface area (Å²) in [6.45, 7) is 4.75. The van der Waals surface area contributed by atoms with Crippen LogP contribution in [0.1, 0.15) is 37.3 Å². The highest BCUT2D eigenvalue weighted by molar-refractivity contribution is 5.96. The number of amidine groups is 1. The maximum absolute atomic E-state index is 8.43. The molecule has 5 heteroatoms.